The Kier molecular flexibility index (Phi) is 9.68. The van der Waals surface area contributed by atoms with Gasteiger partial charge in [-0.1, -0.05) is 33.5 Å². The molecule has 8 nitrogen and oxygen atoms in total. The molecule has 0 heterocycles. The number of alkyl halides is 5. The predicted octanol–water partition coefficient (Wildman–Crippen LogP) is 5.85. The van der Waals surface area contributed by atoms with Gasteiger partial charge in [0.05, 0.1) is 12.3 Å². The van der Waals surface area contributed by atoms with Crippen molar-refractivity contribution in [1.82, 2.24) is 0 Å². The molecule has 0 aliphatic heterocycles. The van der Waals surface area contributed by atoms with Gasteiger partial charge in [0.1, 0.15) is 16.4 Å². The third kappa shape index (κ3) is 8.65. The molecule has 0 aromatic heterocycles. The largest absolute Gasteiger partial charge is 0.573 e. The van der Waals surface area contributed by atoms with Crippen LogP contribution < -0.4 is 19.5 Å². The Balaban J connectivity index is 1.82. The highest BCUT2D eigenvalue weighted by Gasteiger charge is 2.31. The lowest BCUT2D eigenvalue weighted by Gasteiger charge is -2.17. The lowest BCUT2D eigenvalue weighted by molar-refractivity contribution is -0.274. The third-order valence-corrected chi connectivity index (χ3v) is 7.33. The van der Waals surface area contributed by atoms with Gasteiger partial charge in [-0.3, -0.25) is 9.52 Å². The van der Waals surface area contributed by atoms with Crippen molar-refractivity contribution in [2.75, 3.05) is 16.6 Å². The van der Waals surface area contributed by atoms with E-state index in [9.17, 15) is 35.9 Å². The fourth-order valence-corrected chi connectivity index (χ4v) is 5.01. The van der Waals surface area contributed by atoms with E-state index in [1.54, 1.807) is 29.5 Å². The highest BCUT2D eigenvalue weighted by Crippen LogP contribution is 2.41. The van der Waals surface area contributed by atoms with E-state index in [2.05, 4.69) is 14.8 Å². The number of halogens is 5. The molecule has 15 heteroatoms. The number of carbonyl (C=O) groups excluding carboxylic acids is 1. The van der Waals surface area contributed by atoms with Gasteiger partial charge >= 0.3 is 6.36 Å². The Morgan fingerprint density at radius 3 is 2.38 bits per heavy atom. The molecule has 3 atom stereocenters. The maximum atomic E-state index is 14.2. The number of carbonyl (C=O) groups is 1. The van der Waals surface area contributed by atoms with Gasteiger partial charge in [-0.15, -0.1) is 13.2 Å². The Bertz CT molecular complexity index is 1450. The summed E-state index contributed by atoms with van der Waals surface area (Å²) in [7, 11) is -2.35. The number of aliphatic hydroxyl groups is 1. The molecule has 0 saturated heterocycles. The zero-order valence-corrected chi connectivity index (χ0v) is 24.1. The number of ether oxygens (including phenoxy) is 2. The standard InChI is InChI=1S/C24H22F4IN2O6PS/c1-2-36-19-13-16(30-22(33)21(32)14-5-3-6-15(11-14)23(25,29)38)9-10-20(19)39(34,35)31-17-7-4-8-18(12-17)37-24(26,27)28/h3-13,21,31-32H,2,38H2,1H3,(H,30,33). The van der Waals surface area contributed by atoms with Crippen LogP contribution in [0.1, 0.15) is 24.2 Å². The fourth-order valence-electron chi connectivity index (χ4n) is 3.32. The molecule has 210 valence electrons. The summed E-state index contributed by atoms with van der Waals surface area (Å²) in [4.78, 5) is 12.3. The highest BCUT2D eigenvalue weighted by molar-refractivity contribution is 14.1. The molecular formula is C24H22F4IN2O6PS. The van der Waals surface area contributed by atoms with Crippen LogP contribution in [0.15, 0.2) is 71.6 Å². The maximum absolute atomic E-state index is 14.2. The predicted molar refractivity (Wildman–Crippen MR) is 148 cm³/mol. The molecule has 39 heavy (non-hydrogen) atoms. The van der Waals surface area contributed by atoms with Crippen molar-refractivity contribution in [2.45, 2.75) is 27.7 Å². The topological polar surface area (TPSA) is 114 Å². The lowest BCUT2D eigenvalue weighted by Crippen LogP contribution is -2.21. The van der Waals surface area contributed by atoms with Crippen LogP contribution in [0.2, 0.25) is 0 Å². The minimum atomic E-state index is -4.96. The van der Waals surface area contributed by atoms with E-state index in [0.717, 1.165) is 18.2 Å². The van der Waals surface area contributed by atoms with Crippen LogP contribution in [0.5, 0.6) is 11.5 Å². The summed E-state index contributed by atoms with van der Waals surface area (Å²) in [5.41, 5.74) is 0.235. The summed E-state index contributed by atoms with van der Waals surface area (Å²) in [6, 6.07) is 13.6. The van der Waals surface area contributed by atoms with E-state index in [4.69, 9.17) is 4.74 Å². The Labute approximate surface area is 237 Å². The number of sulfonamides is 1. The molecular weight excluding hydrogens is 678 g/mol. The molecule has 3 aromatic rings. The molecule has 0 radical (unpaired) electrons. The van der Waals surface area contributed by atoms with Crippen molar-refractivity contribution >= 4 is 59.1 Å². The van der Waals surface area contributed by atoms with Gasteiger partial charge in [0.25, 0.3) is 15.9 Å². The Morgan fingerprint density at radius 2 is 1.74 bits per heavy atom. The number of hydrogen-bond acceptors (Lipinski definition) is 6. The van der Waals surface area contributed by atoms with Crippen LogP contribution in [-0.2, 0) is 18.2 Å². The quantitative estimate of drug-likeness (QED) is 0.106. The van der Waals surface area contributed by atoms with Crippen molar-refractivity contribution in [2.24, 2.45) is 0 Å². The van der Waals surface area contributed by atoms with Gasteiger partial charge in [-0.25, -0.2) is 12.8 Å². The summed E-state index contributed by atoms with van der Waals surface area (Å²) in [6.45, 7) is 1.63. The summed E-state index contributed by atoms with van der Waals surface area (Å²) in [5.74, 6) is -1.66. The zero-order valence-electron chi connectivity index (χ0n) is 20.0. The van der Waals surface area contributed by atoms with Gasteiger partial charge in [-0.05, 0) is 65.4 Å². The van der Waals surface area contributed by atoms with Crippen LogP contribution >= 0.6 is 31.8 Å². The molecule has 0 saturated carbocycles. The number of nitrogens with one attached hydrogen (secondary N) is 2. The van der Waals surface area contributed by atoms with Gasteiger partial charge in [0, 0.05) is 23.4 Å². The first kappa shape index (κ1) is 30.9. The fraction of sp³-hybridized carbons (Fsp3) is 0.208. The number of amides is 1. The van der Waals surface area contributed by atoms with Gasteiger partial charge in [-0.2, -0.15) is 0 Å². The molecule has 0 aliphatic carbocycles. The first-order valence-corrected chi connectivity index (χ1v) is 14.1. The average Bonchev–Trinajstić information content (AvgIpc) is 2.82. The zero-order chi connectivity index (χ0) is 29.0. The molecule has 3 rings (SSSR count). The first-order valence-electron chi connectivity index (χ1n) is 11.0. The average molecular weight is 700 g/mol. The second-order valence-electron chi connectivity index (χ2n) is 7.92. The van der Waals surface area contributed by atoms with Crippen LogP contribution in [0.25, 0.3) is 0 Å². The Hall–Kier alpha value is -2.68. The molecule has 3 unspecified atom stereocenters. The number of anilines is 2. The number of aliphatic hydroxyl groups excluding tert-OH is 1. The monoisotopic (exact) mass is 700 g/mol. The van der Waals surface area contributed by atoms with Crippen molar-refractivity contribution in [3.05, 3.63) is 77.9 Å². The molecule has 1 amide bonds. The van der Waals surface area contributed by atoms with E-state index >= 15 is 0 Å². The van der Waals surface area contributed by atoms with Crippen molar-refractivity contribution in [1.29, 1.82) is 0 Å². The smallest absolute Gasteiger partial charge is 0.492 e. The Morgan fingerprint density at radius 1 is 1.05 bits per heavy atom. The van der Waals surface area contributed by atoms with Crippen molar-refractivity contribution in [3.63, 3.8) is 0 Å². The minimum Gasteiger partial charge on any atom is -0.492 e. The molecule has 0 fully saturated rings. The third-order valence-electron chi connectivity index (χ3n) is 4.96. The summed E-state index contributed by atoms with van der Waals surface area (Å²) >= 11 is 1.55. The number of rotatable bonds is 10. The molecule has 0 bridgehead atoms. The highest BCUT2D eigenvalue weighted by atomic mass is 127. The van der Waals surface area contributed by atoms with Gasteiger partial charge in [0.2, 0.25) is 0 Å². The summed E-state index contributed by atoms with van der Waals surface area (Å²) < 4.78 is 87.4. The second-order valence-corrected chi connectivity index (χ2v) is 13.1. The van der Waals surface area contributed by atoms with E-state index < -0.39 is 37.6 Å². The van der Waals surface area contributed by atoms with E-state index in [1.807, 2.05) is 9.24 Å². The van der Waals surface area contributed by atoms with Crippen LogP contribution in [0.4, 0.5) is 28.9 Å². The van der Waals surface area contributed by atoms with E-state index in [1.165, 1.54) is 48.5 Å². The van der Waals surface area contributed by atoms with E-state index in [-0.39, 0.29) is 39.8 Å². The number of hydrogen-bond donors (Lipinski definition) is 3. The van der Waals surface area contributed by atoms with Crippen molar-refractivity contribution in [3.8, 4) is 11.5 Å². The molecule has 3 aromatic carbocycles. The normalized spacial score (nSPS) is 14.2. The van der Waals surface area contributed by atoms with Crippen LogP contribution in [0.3, 0.4) is 0 Å². The molecule has 0 spiro atoms. The molecule has 0 aliphatic rings. The van der Waals surface area contributed by atoms with E-state index in [0.29, 0.717) is 0 Å². The number of benzene rings is 3. The summed E-state index contributed by atoms with van der Waals surface area (Å²) in [6.07, 6.45) is -6.63. The second kappa shape index (κ2) is 12.2. The van der Waals surface area contributed by atoms with Crippen molar-refractivity contribution < 1.29 is 45.4 Å². The van der Waals surface area contributed by atoms with Gasteiger partial charge < -0.3 is 19.9 Å². The van der Waals surface area contributed by atoms with Crippen LogP contribution in [0, 0.1) is 0 Å². The maximum Gasteiger partial charge on any atom is 0.573 e. The minimum absolute atomic E-state index is 0.0422. The molecule has 3 N–H and O–H groups in total. The first-order chi connectivity index (χ1) is 18.1. The SMILES string of the molecule is CCOc1cc(NC(=O)C(O)c2cccc(C(F)(P)I)c2)ccc1S(=O)(=O)Nc1cccc(OC(F)(F)F)c1. The van der Waals surface area contributed by atoms with Crippen LogP contribution in [-0.4, -0.2) is 32.4 Å². The van der Waals surface area contributed by atoms with Gasteiger partial charge in [0.15, 0.2) is 9.52 Å². The summed E-state index contributed by atoms with van der Waals surface area (Å²) in [5, 5.41) is 12.9. The lowest BCUT2D eigenvalue weighted by atomic mass is 10.1.